The highest BCUT2D eigenvalue weighted by molar-refractivity contribution is 6.31. The molecule has 72 valence electrons. The third-order valence-electron chi connectivity index (χ3n) is 1.62. The summed E-state index contributed by atoms with van der Waals surface area (Å²) in [4.78, 5) is 10.5. The Balaban J connectivity index is 2.96. The van der Waals surface area contributed by atoms with Gasteiger partial charge in [0.15, 0.2) is 0 Å². The van der Waals surface area contributed by atoms with E-state index in [0.717, 1.165) is 6.29 Å². The predicted molar refractivity (Wildman–Crippen MR) is 57.4 cm³/mol. The molecule has 0 heterocycles. The van der Waals surface area contributed by atoms with Gasteiger partial charge in [0, 0.05) is 24.1 Å². The number of hydrogen-bond donors (Lipinski definition) is 1. The number of aldehydes is 1. The molecule has 0 amide bonds. The maximum Gasteiger partial charge on any atom is 0.150 e. The molecule has 0 saturated carbocycles. The fourth-order valence-corrected chi connectivity index (χ4v) is 1.11. The normalized spacial score (nSPS) is 9.00. The molecule has 0 radical (unpaired) electrons. The topological polar surface area (TPSA) is 43.1 Å². The molecule has 1 aromatic carbocycles. The fraction of sp³-hybridized carbons (Fsp3) is 0.182. The van der Waals surface area contributed by atoms with E-state index in [4.69, 9.17) is 17.3 Å². The van der Waals surface area contributed by atoms with E-state index in [2.05, 4.69) is 11.8 Å². The van der Waals surface area contributed by atoms with Gasteiger partial charge in [-0.3, -0.25) is 4.79 Å². The zero-order chi connectivity index (χ0) is 10.4. The molecule has 2 N–H and O–H groups in total. The van der Waals surface area contributed by atoms with Crippen LogP contribution in [-0.4, -0.2) is 12.8 Å². The third kappa shape index (κ3) is 2.88. The molecular formula is C11H10ClNO. The van der Waals surface area contributed by atoms with Crippen LogP contribution in [-0.2, 0) is 0 Å². The molecule has 1 rings (SSSR count). The van der Waals surface area contributed by atoms with Crippen LogP contribution in [0, 0.1) is 11.8 Å². The van der Waals surface area contributed by atoms with E-state index in [1.54, 1.807) is 18.2 Å². The first-order valence-corrected chi connectivity index (χ1v) is 4.59. The summed E-state index contributed by atoms with van der Waals surface area (Å²) in [5, 5.41) is 0.556. The second-order valence-corrected chi connectivity index (χ2v) is 3.10. The quantitative estimate of drug-likeness (QED) is 0.594. The van der Waals surface area contributed by atoms with Crippen molar-refractivity contribution in [2.24, 2.45) is 5.73 Å². The van der Waals surface area contributed by atoms with E-state index in [-0.39, 0.29) is 0 Å². The Morgan fingerprint density at radius 1 is 1.50 bits per heavy atom. The average Bonchev–Trinajstić information content (AvgIpc) is 2.21. The van der Waals surface area contributed by atoms with Crippen molar-refractivity contribution in [3.05, 3.63) is 34.3 Å². The van der Waals surface area contributed by atoms with Gasteiger partial charge in [-0.2, -0.15) is 0 Å². The van der Waals surface area contributed by atoms with Crippen molar-refractivity contribution in [2.75, 3.05) is 6.54 Å². The highest BCUT2D eigenvalue weighted by Gasteiger charge is 1.97. The molecular weight excluding hydrogens is 198 g/mol. The molecule has 14 heavy (non-hydrogen) atoms. The maximum atomic E-state index is 10.5. The lowest BCUT2D eigenvalue weighted by atomic mass is 10.1. The van der Waals surface area contributed by atoms with Crippen molar-refractivity contribution in [3.8, 4) is 11.8 Å². The smallest absolute Gasteiger partial charge is 0.150 e. The van der Waals surface area contributed by atoms with E-state index in [1.165, 1.54) is 0 Å². The Kier molecular flexibility index (Phi) is 4.18. The molecule has 0 spiro atoms. The molecule has 2 nitrogen and oxygen atoms in total. The first-order chi connectivity index (χ1) is 6.77. The van der Waals surface area contributed by atoms with Crippen LogP contribution < -0.4 is 5.73 Å². The van der Waals surface area contributed by atoms with Crippen molar-refractivity contribution in [1.29, 1.82) is 0 Å². The molecule has 0 saturated heterocycles. The zero-order valence-corrected chi connectivity index (χ0v) is 8.34. The minimum Gasteiger partial charge on any atom is -0.330 e. The second-order valence-electron chi connectivity index (χ2n) is 2.70. The molecule has 1 aromatic rings. The predicted octanol–water partition coefficient (Wildman–Crippen LogP) is 1.85. The summed E-state index contributed by atoms with van der Waals surface area (Å²) in [6.45, 7) is 0.526. The Hall–Kier alpha value is -1.30. The van der Waals surface area contributed by atoms with Gasteiger partial charge in [-0.25, -0.2) is 0 Å². The van der Waals surface area contributed by atoms with Crippen LogP contribution in [0.15, 0.2) is 18.2 Å². The summed E-state index contributed by atoms with van der Waals surface area (Å²) in [6, 6.07) is 4.99. The van der Waals surface area contributed by atoms with Gasteiger partial charge < -0.3 is 5.73 Å². The summed E-state index contributed by atoms with van der Waals surface area (Å²) in [5.41, 5.74) is 6.54. The summed E-state index contributed by atoms with van der Waals surface area (Å²) >= 11 is 5.88. The molecule has 0 unspecified atom stereocenters. The highest BCUT2D eigenvalue weighted by Crippen LogP contribution is 2.15. The maximum absolute atomic E-state index is 10.5. The molecule has 0 bridgehead atoms. The average molecular weight is 208 g/mol. The Morgan fingerprint density at radius 2 is 2.29 bits per heavy atom. The number of carbonyl (C=O) groups is 1. The zero-order valence-electron chi connectivity index (χ0n) is 7.59. The van der Waals surface area contributed by atoms with E-state index < -0.39 is 0 Å². The van der Waals surface area contributed by atoms with Crippen LogP contribution in [0.3, 0.4) is 0 Å². The number of hydrogen-bond acceptors (Lipinski definition) is 2. The minimum absolute atomic E-state index is 0.526. The third-order valence-corrected chi connectivity index (χ3v) is 1.95. The first kappa shape index (κ1) is 10.8. The fourth-order valence-electron chi connectivity index (χ4n) is 0.942. The van der Waals surface area contributed by atoms with Crippen molar-refractivity contribution in [1.82, 2.24) is 0 Å². The van der Waals surface area contributed by atoms with Crippen LogP contribution in [0.5, 0.6) is 0 Å². The number of nitrogens with two attached hydrogens (primary N) is 1. The van der Waals surface area contributed by atoms with Gasteiger partial charge in [-0.05, 0) is 12.1 Å². The van der Waals surface area contributed by atoms with E-state index >= 15 is 0 Å². The van der Waals surface area contributed by atoms with Crippen LogP contribution >= 0.6 is 11.6 Å². The van der Waals surface area contributed by atoms with Crippen LogP contribution in [0.2, 0.25) is 5.02 Å². The van der Waals surface area contributed by atoms with Gasteiger partial charge in [-0.15, -0.1) is 0 Å². The Bertz CT molecular complexity index is 390. The SMILES string of the molecule is NCCC#Cc1cc(C=O)ccc1Cl. The molecule has 0 aliphatic carbocycles. The van der Waals surface area contributed by atoms with E-state index in [0.29, 0.717) is 29.1 Å². The molecule has 0 aromatic heterocycles. The summed E-state index contributed by atoms with van der Waals surface area (Å²) in [7, 11) is 0. The van der Waals surface area contributed by atoms with Gasteiger partial charge in [-0.1, -0.05) is 29.5 Å². The molecule has 0 fully saturated rings. The first-order valence-electron chi connectivity index (χ1n) is 4.21. The van der Waals surface area contributed by atoms with Crippen LogP contribution in [0.4, 0.5) is 0 Å². The van der Waals surface area contributed by atoms with Gasteiger partial charge >= 0.3 is 0 Å². The lowest BCUT2D eigenvalue weighted by Gasteiger charge is -1.96. The Labute approximate surface area is 88.1 Å². The lowest BCUT2D eigenvalue weighted by molar-refractivity contribution is 0.112. The Morgan fingerprint density at radius 3 is 2.93 bits per heavy atom. The number of halogens is 1. The van der Waals surface area contributed by atoms with Gasteiger partial charge in [0.05, 0.1) is 5.02 Å². The standard InChI is InChI=1S/C11H10ClNO/c12-11-5-4-9(8-14)7-10(11)3-1-2-6-13/h4-5,7-8H,2,6,13H2. The number of carbonyl (C=O) groups excluding carboxylic acids is 1. The van der Waals surface area contributed by atoms with Crippen LogP contribution in [0.25, 0.3) is 0 Å². The van der Waals surface area contributed by atoms with E-state index in [1.807, 2.05) is 0 Å². The monoisotopic (exact) mass is 207 g/mol. The number of rotatable bonds is 2. The number of benzene rings is 1. The minimum atomic E-state index is 0.526. The second kappa shape index (κ2) is 5.43. The van der Waals surface area contributed by atoms with E-state index in [9.17, 15) is 4.79 Å². The summed E-state index contributed by atoms with van der Waals surface area (Å²) in [6.07, 6.45) is 1.39. The molecule has 0 aliphatic heterocycles. The van der Waals surface area contributed by atoms with Gasteiger partial charge in [0.25, 0.3) is 0 Å². The highest BCUT2D eigenvalue weighted by atomic mass is 35.5. The summed E-state index contributed by atoms with van der Waals surface area (Å²) in [5.74, 6) is 5.74. The molecule has 0 atom stereocenters. The van der Waals surface area contributed by atoms with Crippen molar-refractivity contribution < 1.29 is 4.79 Å². The largest absolute Gasteiger partial charge is 0.330 e. The summed E-state index contributed by atoms with van der Waals surface area (Å²) < 4.78 is 0. The van der Waals surface area contributed by atoms with Crippen molar-refractivity contribution in [3.63, 3.8) is 0 Å². The molecule has 0 aliphatic rings. The van der Waals surface area contributed by atoms with Gasteiger partial charge in [0.1, 0.15) is 6.29 Å². The van der Waals surface area contributed by atoms with Gasteiger partial charge in [0.2, 0.25) is 0 Å². The molecule has 3 heteroatoms. The van der Waals surface area contributed by atoms with Crippen molar-refractivity contribution in [2.45, 2.75) is 6.42 Å². The van der Waals surface area contributed by atoms with Crippen molar-refractivity contribution >= 4 is 17.9 Å². The lowest BCUT2D eigenvalue weighted by Crippen LogP contribution is -1.95. The van der Waals surface area contributed by atoms with Crippen LogP contribution in [0.1, 0.15) is 22.3 Å².